The van der Waals surface area contributed by atoms with Crippen LogP contribution < -0.4 is 9.47 Å². The lowest BCUT2D eigenvalue weighted by Crippen LogP contribution is -2.29. The van der Waals surface area contributed by atoms with Gasteiger partial charge in [0.15, 0.2) is 11.5 Å². The van der Waals surface area contributed by atoms with Gasteiger partial charge in [-0.1, -0.05) is 0 Å². The molecule has 6 heteroatoms. The molecule has 0 radical (unpaired) electrons. The fourth-order valence-corrected chi connectivity index (χ4v) is 2.75. The number of aliphatic imine (C=N–C) groups is 1. The number of aromatic hydroxyl groups is 1. The normalized spacial score (nSPS) is 21.3. The van der Waals surface area contributed by atoms with Gasteiger partial charge in [0, 0.05) is 19.2 Å². The van der Waals surface area contributed by atoms with Crippen molar-refractivity contribution in [3.05, 3.63) is 11.6 Å². The van der Waals surface area contributed by atoms with Crippen LogP contribution >= 0.6 is 0 Å². The molecule has 0 aromatic heterocycles. The molecule has 20 heavy (non-hydrogen) atoms. The molecule has 2 heterocycles. The van der Waals surface area contributed by atoms with Crippen LogP contribution in [0.4, 0.5) is 5.69 Å². The summed E-state index contributed by atoms with van der Waals surface area (Å²) in [5, 5.41) is 10.1. The summed E-state index contributed by atoms with van der Waals surface area (Å²) in [6.07, 6.45) is 2.24. The molecular formula is C14H16N2O4. The van der Waals surface area contributed by atoms with E-state index in [9.17, 15) is 9.90 Å². The van der Waals surface area contributed by atoms with Gasteiger partial charge in [-0.3, -0.25) is 14.7 Å². The summed E-state index contributed by atoms with van der Waals surface area (Å²) >= 11 is 0. The molecule has 0 spiro atoms. The minimum absolute atomic E-state index is 0.0211. The summed E-state index contributed by atoms with van der Waals surface area (Å²) < 4.78 is 10.4. The number of fused-ring (bicyclic) bond motifs is 2. The Balaban J connectivity index is 2.10. The first-order valence-corrected chi connectivity index (χ1v) is 6.40. The van der Waals surface area contributed by atoms with Crippen LogP contribution in [0.15, 0.2) is 11.1 Å². The molecule has 6 nitrogen and oxygen atoms in total. The molecule has 0 bridgehead atoms. The van der Waals surface area contributed by atoms with Crippen molar-refractivity contribution in [2.75, 3.05) is 20.8 Å². The number of hydrogen-bond acceptors (Lipinski definition) is 6. The molecule has 1 atom stereocenters. The van der Waals surface area contributed by atoms with Gasteiger partial charge in [-0.2, -0.15) is 0 Å². The highest BCUT2D eigenvalue weighted by Gasteiger charge is 2.33. The van der Waals surface area contributed by atoms with E-state index in [1.165, 1.54) is 14.2 Å². The SMILES string of the molecule is COc1cc2c(c(OC)c1O)N=CC1CC(=O)CN1C2. The van der Waals surface area contributed by atoms with Crippen molar-refractivity contribution < 1.29 is 19.4 Å². The van der Waals surface area contributed by atoms with Gasteiger partial charge >= 0.3 is 0 Å². The van der Waals surface area contributed by atoms with E-state index in [0.29, 0.717) is 36.7 Å². The topological polar surface area (TPSA) is 71.4 Å². The number of ketones is 1. The first-order valence-electron chi connectivity index (χ1n) is 6.40. The van der Waals surface area contributed by atoms with Crippen LogP contribution in [0, 0.1) is 0 Å². The molecule has 1 fully saturated rings. The highest BCUT2D eigenvalue weighted by molar-refractivity contribution is 5.90. The number of phenols is 1. The molecule has 0 aliphatic carbocycles. The Labute approximate surface area is 116 Å². The van der Waals surface area contributed by atoms with Gasteiger partial charge < -0.3 is 14.6 Å². The highest BCUT2D eigenvalue weighted by atomic mass is 16.5. The van der Waals surface area contributed by atoms with Gasteiger partial charge in [0.25, 0.3) is 0 Å². The quantitative estimate of drug-likeness (QED) is 0.880. The number of carbonyl (C=O) groups is 1. The monoisotopic (exact) mass is 276 g/mol. The summed E-state index contributed by atoms with van der Waals surface area (Å²) in [7, 11) is 2.98. The fraction of sp³-hybridized carbons (Fsp3) is 0.429. The number of Topliss-reactive ketones (excluding diaryl/α,β-unsaturated/α-hetero) is 1. The average Bonchev–Trinajstić information content (AvgIpc) is 2.69. The molecule has 1 aromatic rings. The maximum Gasteiger partial charge on any atom is 0.203 e. The summed E-state index contributed by atoms with van der Waals surface area (Å²) in [5.74, 6) is 0.828. The predicted octanol–water partition coefficient (Wildman–Crippen LogP) is 1.27. The minimum Gasteiger partial charge on any atom is -0.502 e. The standard InChI is InChI=1S/C14H16N2O4/c1-19-11-3-8-6-16-7-10(17)4-9(16)5-15-12(8)14(20-2)13(11)18/h3,5,9,18H,4,6-7H2,1-2H3. The molecule has 106 valence electrons. The van der Waals surface area contributed by atoms with Crippen LogP contribution in [0.1, 0.15) is 12.0 Å². The number of carbonyl (C=O) groups excluding carboxylic acids is 1. The third-order valence-electron chi connectivity index (χ3n) is 3.73. The zero-order valence-electron chi connectivity index (χ0n) is 11.4. The fourth-order valence-electron chi connectivity index (χ4n) is 2.75. The first kappa shape index (κ1) is 12.9. The molecule has 3 rings (SSSR count). The Morgan fingerprint density at radius 1 is 1.35 bits per heavy atom. The Kier molecular flexibility index (Phi) is 3.10. The molecule has 2 aliphatic rings. The Morgan fingerprint density at radius 3 is 2.85 bits per heavy atom. The van der Waals surface area contributed by atoms with Crippen LogP contribution in [0.3, 0.4) is 0 Å². The van der Waals surface area contributed by atoms with E-state index in [1.807, 2.05) is 0 Å². The largest absolute Gasteiger partial charge is 0.502 e. The highest BCUT2D eigenvalue weighted by Crippen LogP contribution is 2.47. The zero-order chi connectivity index (χ0) is 14.3. The second-order valence-corrected chi connectivity index (χ2v) is 4.96. The van der Waals surface area contributed by atoms with E-state index in [1.54, 1.807) is 12.3 Å². The Morgan fingerprint density at radius 2 is 2.15 bits per heavy atom. The van der Waals surface area contributed by atoms with Crippen molar-refractivity contribution >= 4 is 17.7 Å². The lowest BCUT2D eigenvalue weighted by atomic mass is 10.1. The van der Waals surface area contributed by atoms with Crippen molar-refractivity contribution in [3.63, 3.8) is 0 Å². The summed E-state index contributed by atoms with van der Waals surface area (Å²) in [5.41, 5.74) is 1.48. The third-order valence-corrected chi connectivity index (χ3v) is 3.73. The molecular weight excluding hydrogens is 260 g/mol. The molecule has 1 saturated heterocycles. The summed E-state index contributed by atoms with van der Waals surface area (Å²) in [4.78, 5) is 18.0. The van der Waals surface area contributed by atoms with Gasteiger partial charge in [0.1, 0.15) is 11.5 Å². The maximum absolute atomic E-state index is 11.5. The molecule has 1 unspecified atom stereocenters. The van der Waals surface area contributed by atoms with Gasteiger partial charge in [0.05, 0.1) is 26.8 Å². The van der Waals surface area contributed by atoms with E-state index >= 15 is 0 Å². The summed E-state index contributed by atoms with van der Waals surface area (Å²) in [6.45, 7) is 1.01. The second-order valence-electron chi connectivity index (χ2n) is 4.96. The van der Waals surface area contributed by atoms with Gasteiger partial charge in [-0.05, 0) is 11.6 Å². The molecule has 0 saturated carbocycles. The molecule has 2 aliphatic heterocycles. The van der Waals surface area contributed by atoms with E-state index < -0.39 is 0 Å². The smallest absolute Gasteiger partial charge is 0.203 e. The van der Waals surface area contributed by atoms with Gasteiger partial charge in [-0.15, -0.1) is 0 Å². The number of phenolic OH excluding ortho intramolecular Hbond substituents is 1. The van der Waals surface area contributed by atoms with E-state index in [2.05, 4.69) is 9.89 Å². The number of rotatable bonds is 2. The molecule has 1 aromatic carbocycles. The Bertz CT molecular complexity index is 597. The van der Waals surface area contributed by atoms with Crippen LogP contribution in [0.5, 0.6) is 17.2 Å². The van der Waals surface area contributed by atoms with E-state index in [0.717, 1.165) is 5.56 Å². The minimum atomic E-state index is -0.0518. The van der Waals surface area contributed by atoms with Crippen LogP contribution in [-0.4, -0.2) is 48.8 Å². The lowest BCUT2D eigenvalue weighted by molar-refractivity contribution is -0.116. The third kappa shape index (κ3) is 1.92. The average molecular weight is 276 g/mol. The number of ether oxygens (including phenoxy) is 2. The van der Waals surface area contributed by atoms with Crippen molar-refractivity contribution in [1.82, 2.24) is 4.90 Å². The summed E-state index contributed by atoms with van der Waals surface area (Å²) in [6, 6.07) is 1.77. The Hall–Kier alpha value is -2.08. The van der Waals surface area contributed by atoms with Crippen LogP contribution in [0.25, 0.3) is 0 Å². The van der Waals surface area contributed by atoms with Gasteiger partial charge in [-0.25, -0.2) is 0 Å². The van der Waals surface area contributed by atoms with Crippen LogP contribution in [0.2, 0.25) is 0 Å². The van der Waals surface area contributed by atoms with Crippen molar-refractivity contribution in [2.24, 2.45) is 4.99 Å². The predicted molar refractivity (Wildman–Crippen MR) is 73.2 cm³/mol. The maximum atomic E-state index is 11.5. The van der Waals surface area contributed by atoms with Crippen molar-refractivity contribution in [3.8, 4) is 17.2 Å². The lowest BCUT2D eigenvalue weighted by Gasteiger charge is -2.19. The number of nitrogens with zero attached hydrogens (tertiary/aromatic N) is 2. The molecule has 1 N–H and O–H groups in total. The molecule has 0 amide bonds. The van der Waals surface area contributed by atoms with E-state index in [4.69, 9.17) is 9.47 Å². The van der Waals surface area contributed by atoms with Crippen LogP contribution in [-0.2, 0) is 11.3 Å². The van der Waals surface area contributed by atoms with Crippen molar-refractivity contribution in [1.29, 1.82) is 0 Å². The first-order chi connectivity index (χ1) is 9.63. The number of benzene rings is 1. The zero-order valence-corrected chi connectivity index (χ0v) is 11.4. The number of methoxy groups -OCH3 is 2. The van der Waals surface area contributed by atoms with E-state index in [-0.39, 0.29) is 17.6 Å². The van der Waals surface area contributed by atoms with Gasteiger partial charge in [0.2, 0.25) is 5.75 Å². The second kappa shape index (κ2) is 4.79. The van der Waals surface area contributed by atoms with Crippen molar-refractivity contribution in [2.45, 2.75) is 19.0 Å². The number of hydrogen-bond donors (Lipinski definition) is 1.